The van der Waals surface area contributed by atoms with Gasteiger partial charge in [-0.25, -0.2) is 0 Å². The fraction of sp³-hybridized carbons (Fsp3) is 0.562. The summed E-state index contributed by atoms with van der Waals surface area (Å²) in [5.41, 5.74) is 0.731. The highest BCUT2D eigenvalue weighted by Gasteiger charge is 2.22. The maximum Gasteiger partial charge on any atom is 0.171 e. The quantitative estimate of drug-likeness (QED) is 0.802. The Morgan fingerprint density at radius 2 is 1.86 bits per heavy atom. The Bertz CT molecular complexity index is 539. The summed E-state index contributed by atoms with van der Waals surface area (Å²) >= 11 is 11.6. The molecule has 4 nitrogen and oxygen atoms in total. The molecule has 122 valence electrons. The van der Waals surface area contributed by atoms with Gasteiger partial charge >= 0.3 is 0 Å². The van der Waals surface area contributed by atoms with Crippen LogP contribution in [-0.4, -0.2) is 25.4 Å². The van der Waals surface area contributed by atoms with Crippen LogP contribution in [-0.2, 0) is 0 Å². The normalized spacial score (nSPS) is 21.1. The van der Waals surface area contributed by atoms with Crippen molar-refractivity contribution < 1.29 is 9.47 Å². The van der Waals surface area contributed by atoms with E-state index in [0.29, 0.717) is 33.6 Å². The Kier molecular flexibility index (Phi) is 6.15. The molecule has 2 atom stereocenters. The third kappa shape index (κ3) is 4.17. The molecule has 22 heavy (non-hydrogen) atoms. The van der Waals surface area contributed by atoms with E-state index in [2.05, 4.69) is 17.6 Å². The zero-order valence-electron chi connectivity index (χ0n) is 13.2. The van der Waals surface area contributed by atoms with Crippen molar-refractivity contribution in [2.24, 2.45) is 5.92 Å². The second-order valence-electron chi connectivity index (χ2n) is 5.65. The summed E-state index contributed by atoms with van der Waals surface area (Å²) in [6.07, 6.45) is 4.96. The number of hydrogen-bond donors (Lipinski definition) is 2. The van der Waals surface area contributed by atoms with Crippen LogP contribution < -0.4 is 20.1 Å². The molecule has 0 bridgehead atoms. The van der Waals surface area contributed by atoms with Crippen LogP contribution >= 0.6 is 23.8 Å². The van der Waals surface area contributed by atoms with Crippen molar-refractivity contribution in [2.75, 3.05) is 19.5 Å². The second-order valence-corrected chi connectivity index (χ2v) is 6.47. The molecule has 1 saturated carbocycles. The lowest BCUT2D eigenvalue weighted by Crippen LogP contribution is -2.43. The zero-order valence-corrected chi connectivity index (χ0v) is 14.8. The van der Waals surface area contributed by atoms with Crippen molar-refractivity contribution in [3.05, 3.63) is 17.2 Å². The third-order valence-corrected chi connectivity index (χ3v) is 4.67. The van der Waals surface area contributed by atoms with Crippen LogP contribution in [0, 0.1) is 5.92 Å². The van der Waals surface area contributed by atoms with Gasteiger partial charge in [0.15, 0.2) is 5.11 Å². The number of methoxy groups -OCH3 is 2. The van der Waals surface area contributed by atoms with E-state index in [9.17, 15) is 0 Å². The van der Waals surface area contributed by atoms with Gasteiger partial charge in [0, 0.05) is 12.1 Å². The van der Waals surface area contributed by atoms with Gasteiger partial charge in [-0.3, -0.25) is 0 Å². The van der Waals surface area contributed by atoms with E-state index < -0.39 is 0 Å². The van der Waals surface area contributed by atoms with Gasteiger partial charge in [0.05, 0.1) is 24.9 Å². The summed E-state index contributed by atoms with van der Waals surface area (Å²) in [4.78, 5) is 0. The first-order chi connectivity index (χ1) is 10.5. The fourth-order valence-electron chi connectivity index (χ4n) is 2.82. The molecule has 1 fully saturated rings. The van der Waals surface area contributed by atoms with Gasteiger partial charge in [-0.05, 0) is 37.0 Å². The van der Waals surface area contributed by atoms with Crippen LogP contribution in [0.5, 0.6) is 11.5 Å². The molecule has 1 aromatic carbocycles. The minimum Gasteiger partial charge on any atom is -0.495 e. The summed E-state index contributed by atoms with van der Waals surface area (Å²) in [6, 6.07) is 3.93. The molecule has 0 aromatic heterocycles. The molecule has 1 aliphatic rings. The molecule has 0 saturated heterocycles. The number of benzene rings is 1. The summed E-state index contributed by atoms with van der Waals surface area (Å²) in [7, 11) is 3.18. The molecule has 2 rings (SSSR count). The topological polar surface area (TPSA) is 42.5 Å². The molecular formula is C16H23ClN2O2S. The van der Waals surface area contributed by atoms with E-state index in [-0.39, 0.29) is 0 Å². The number of rotatable bonds is 4. The molecule has 0 radical (unpaired) electrons. The van der Waals surface area contributed by atoms with Crippen molar-refractivity contribution in [3.63, 3.8) is 0 Å². The van der Waals surface area contributed by atoms with Gasteiger partial charge in [0.1, 0.15) is 11.5 Å². The fourth-order valence-corrected chi connectivity index (χ4v) is 3.32. The molecule has 0 heterocycles. The number of ether oxygens (including phenoxy) is 2. The predicted molar refractivity (Wildman–Crippen MR) is 95.3 cm³/mol. The van der Waals surface area contributed by atoms with Gasteiger partial charge < -0.3 is 20.1 Å². The Morgan fingerprint density at radius 1 is 1.18 bits per heavy atom. The summed E-state index contributed by atoms with van der Waals surface area (Å²) < 4.78 is 10.6. The molecule has 1 aliphatic carbocycles. The number of nitrogens with one attached hydrogen (secondary N) is 2. The predicted octanol–water partition coefficient (Wildman–Crippen LogP) is 4.22. The van der Waals surface area contributed by atoms with Gasteiger partial charge in [0.25, 0.3) is 0 Å². The van der Waals surface area contributed by atoms with Crippen LogP contribution in [0.4, 0.5) is 5.69 Å². The Morgan fingerprint density at radius 3 is 2.50 bits per heavy atom. The minimum atomic E-state index is 0.425. The lowest BCUT2D eigenvalue weighted by atomic mass is 9.86. The molecule has 2 N–H and O–H groups in total. The first kappa shape index (κ1) is 17.2. The van der Waals surface area contributed by atoms with Crippen LogP contribution in [0.25, 0.3) is 0 Å². The van der Waals surface area contributed by atoms with Crippen LogP contribution in [0.2, 0.25) is 5.02 Å². The Balaban J connectivity index is 2.06. The molecule has 0 aliphatic heterocycles. The highest BCUT2D eigenvalue weighted by molar-refractivity contribution is 7.80. The molecular weight excluding hydrogens is 320 g/mol. The molecule has 2 unspecified atom stereocenters. The van der Waals surface area contributed by atoms with Crippen molar-refractivity contribution in [3.8, 4) is 11.5 Å². The SMILES string of the molecule is COc1cc(OC)c(NC(=S)NC2CCCCC2C)cc1Cl. The lowest BCUT2D eigenvalue weighted by molar-refractivity contribution is 0.309. The maximum absolute atomic E-state index is 6.17. The average Bonchev–Trinajstić information content (AvgIpc) is 2.50. The smallest absolute Gasteiger partial charge is 0.171 e. The van der Waals surface area contributed by atoms with E-state index in [1.807, 2.05) is 0 Å². The first-order valence-electron chi connectivity index (χ1n) is 7.54. The van der Waals surface area contributed by atoms with Crippen molar-refractivity contribution in [1.82, 2.24) is 5.32 Å². The summed E-state index contributed by atoms with van der Waals surface area (Å²) in [5, 5.41) is 7.69. The van der Waals surface area contributed by atoms with Gasteiger partial charge in [-0.1, -0.05) is 31.4 Å². The average molecular weight is 343 g/mol. The standard InChI is InChI=1S/C16H23ClN2O2S/c1-10-6-4-5-7-12(10)18-16(22)19-13-8-11(17)14(20-2)9-15(13)21-3/h8-10,12H,4-7H2,1-3H3,(H2,18,19,22). The summed E-state index contributed by atoms with van der Waals surface area (Å²) in [6.45, 7) is 2.27. The Labute approximate surface area is 142 Å². The Hall–Kier alpha value is -1.20. The van der Waals surface area contributed by atoms with Gasteiger partial charge in [-0.15, -0.1) is 0 Å². The van der Waals surface area contributed by atoms with Crippen molar-refractivity contribution >= 4 is 34.6 Å². The van der Waals surface area contributed by atoms with Crippen LogP contribution in [0.15, 0.2) is 12.1 Å². The molecule has 0 spiro atoms. The first-order valence-corrected chi connectivity index (χ1v) is 8.32. The van der Waals surface area contributed by atoms with E-state index in [1.165, 1.54) is 19.3 Å². The third-order valence-electron chi connectivity index (χ3n) is 4.15. The summed E-state index contributed by atoms with van der Waals surface area (Å²) in [5.74, 6) is 1.85. The van der Waals surface area contributed by atoms with Crippen molar-refractivity contribution in [2.45, 2.75) is 38.6 Å². The molecule has 6 heteroatoms. The molecule has 0 amide bonds. The van der Waals surface area contributed by atoms with Crippen LogP contribution in [0.3, 0.4) is 0 Å². The maximum atomic E-state index is 6.17. The monoisotopic (exact) mass is 342 g/mol. The lowest BCUT2D eigenvalue weighted by Gasteiger charge is -2.30. The second kappa shape index (κ2) is 7.88. The van der Waals surface area contributed by atoms with E-state index >= 15 is 0 Å². The molecule has 1 aromatic rings. The number of hydrogen-bond acceptors (Lipinski definition) is 3. The highest BCUT2D eigenvalue weighted by atomic mass is 35.5. The van der Waals surface area contributed by atoms with E-state index in [1.54, 1.807) is 26.4 Å². The van der Waals surface area contributed by atoms with Crippen LogP contribution in [0.1, 0.15) is 32.6 Å². The number of anilines is 1. The minimum absolute atomic E-state index is 0.425. The highest BCUT2D eigenvalue weighted by Crippen LogP contribution is 2.36. The number of thiocarbonyl (C=S) groups is 1. The van der Waals surface area contributed by atoms with Gasteiger partial charge in [-0.2, -0.15) is 0 Å². The van der Waals surface area contributed by atoms with Gasteiger partial charge in [0.2, 0.25) is 0 Å². The van der Waals surface area contributed by atoms with Crippen molar-refractivity contribution in [1.29, 1.82) is 0 Å². The largest absolute Gasteiger partial charge is 0.495 e. The van der Waals surface area contributed by atoms with E-state index in [4.69, 9.17) is 33.3 Å². The zero-order chi connectivity index (χ0) is 16.1. The van der Waals surface area contributed by atoms with E-state index in [0.717, 1.165) is 12.1 Å². The number of halogens is 1.